The zero-order valence-electron chi connectivity index (χ0n) is 11.3. The van der Waals surface area contributed by atoms with Crippen molar-refractivity contribution in [1.82, 2.24) is 0 Å². The molecule has 0 aliphatic heterocycles. The summed E-state index contributed by atoms with van der Waals surface area (Å²) in [6, 6.07) is 9.41. The number of hydrogen-bond acceptors (Lipinski definition) is 2. The van der Waals surface area contributed by atoms with Gasteiger partial charge in [-0.25, -0.2) is 4.39 Å². The number of rotatable bonds is 4. The van der Waals surface area contributed by atoms with E-state index in [-0.39, 0.29) is 17.3 Å². The Labute approximate surface area is 117 Å². The summed E-state index contributed by atoms with van der Waals surface area (Å²) in [6.07, 6.45) is 4.94. The number of aromatic hydroxyl groups is 2. The molecule has 0 radical (unpaired) electrons. The molecule has 0 aliphatic carbocycles. The van der Waals surface area contributed by atoms with Crippen LogP contribution in [0.4, 0.5) is 4.39 Å². The Hall–Kier alpha value is -2.29. The van der Waals surface area contributed by atoms with Crippen molar-refractivity contribution in [2.75, 3.05) is 0 Å². The van der Waals surface area contributed by atoms with E-state index >= 15 is 0 Å². The lowest BCUT2D eigenvalue weighted by molar-refractivity contribution is 0.437. The first-order chi connectivity index (χ1) is 9.60. The molecule has 0 aliphatic rings. The quantitative estimate of drug-likeness (QED) is 0.812. The minimum atomic E-state index is -0.295. The summed E-state index contributed by atoms with van der Waals surface area (Å²) in [4.78, 5) is 0. The summed E-state index contributed by atoms with van der Waals surface area (Å²) in [5, 5.41) is 19.8. The number of phenolic OH excluding ortho intramolecular Hbond substituents is 2. The second-order valence-corrected chi connectivity index (χ2v) is 4.68. The van der Waals surface area contributed by atoms with E-state index in [0.29, 0.717) is 17.5 Å². The minimum Gasteiger partial charge on any atom is -0.508 e. The topological polar surface area (TPSA) is 40.5 Å². The molecule has 0 atom stereocenters. The number of phenols is 2. The molecule has 0 spiro atoms. The molecule has 2 aromatic carbocycles. The summed E-state index contributed by atoms with van der Waals surface area (Å²) < 4.78 is 13.0. The first-order valence-electron chi connectivity index (χ1n) is 6.58. The second kappa shape index (κ2) is 6.24. The van der Waals surface area contributed by atoms with E-state index in [1.807, 2.05) is 6.92 Å². The van der Waals surface area contributed by atoms with E-state index in [1.165, 1.54) is 12.1 Å². The van der Waals surface area contributed by atoms with Gasteiger partial charge >= 0.3 is 0 Å². The van der Waals surface area contributed by atoms with E-state index in [2.05, 4.69) is 0 Å². The maximum absolute atomic E-state index is 13.0. The van der Waals surface area contributed by atoms with Gasteiger partial charge in [0.2, 0.25) is 0 Å². The Bertz CT molecular complexity index is 610. The van der Waals surface area contributed by atoms with E-state index < -0.39 is 0 Å². The minimum absolute atomic E-state index is 0.0887. The van der Waals surface area contributed by atoms with Crippen LogP contribution in [0.15, 0.2) is 36.4 Å². The zero-order valence-corrected chi connectivity index (χ0v) is 11.3. The van der Waals surface area contributed by atoms with Crippen molar-refractivity contribution in [3.8, 4) is 11.5 Å². The highest BCUT2D eigenvalue weighted by Gasteiger charge is 2.07. The standard InChI is InChI=1S/C17H17FO2/c1-2-4-15-16(19)10-13(11-17(15)20)8-7-12-5-3-6-14(18)9-12/h3,5-11,19-20H,2,4H2,1H3/b8-7-. The lowest BCUT2D eigenvalue weighted by Crippen LogP contribution is -1.87. The molecular formula is C17H17FO2. The third kappa shape index (κ3) is 3.38. The molecule has 0 saturated heterocycles. The molecule has 104 valence electrons. The van der Waals surface area contributed by atoms with Gasteiger partial charge in [0.25, 0.3) is 0 Å². The van der Waals surface area contributed by atoms with Crippen LogP contribution in [0.5, 0.6) is 11.5 Å². The van der Waals surface area contributed by atoms with Crippen LogP contribution in [-0.2, 0) is 6.42 Å². The highest BCUT2D eigenvalue weighted by molar-refractivity contribution is 5.71. The average Bonchev–Trinajstić information content (AvgIpc) is 2.41. The number of hydrogen-bond donors (Lipinski definition) is 2. The molecule has 0 fully saturated rings. The van der Waals surface area contributed by atoms with Gasteiger partial charge in [-0.3, -0.25) is 0 Å². The van der Waals surface area contributed by atoms with Crippen molar-refractivity contribution in [3.05, 3.63) is 58.9 Å². The summed E-state index contributed by atoms with van der Waals surface area (Å²) in [5.74, 6) is -0.118. The lowest BCUT2D eigenvalue weighted by atomic mass is 10.0. The molecule has 2 N–H and O–H groups in total. The van der Waals surface area contributed by atoms with Gasteiger partial charge in [0.05, 0.1) is 0 Å². The van der Waals surface area contributed by atoms with Gasteiger partial charge < -0.3 is 10.2 Å². The molecule has 0 bridgehead atoms. The molecule has 20 heavy (non-hydrogen) atoms. The number of halogens is 1. The third-order valence-electron chi connectivity index (χ3n) is 3.04. The summed E-state index contributed by atoms with van der Waals surface area (Å²) in [5.41, 5.74) is 1.96. The molecular weight excluding hydrogens is 255 g/mol. The molecule has 2 aromatic rings. The fourth-order valence-corrected chi connectivity index (χ4v) is 2.07. The van der Waals surface area contributed by atoms with E-state index in [4.69, 9.17) is 0 Å². The van der Waals surface area contributed by atoms with E-state index in [0.717, 1.165) is 12.0 Å². The van der Waals surface area contributed by atoms with Gasteiger partial charge in [-0.2, -0.15) is 0 Å². The third-order valence-corrected chi connectivity index (χ3v) is 3.04. The SMILES string of the molecule is CCCc1c(O)cc(/C=C\c2cccc(F)c2)cc1O. The average molecular weight is 272 g/mol. The molecule has 0 amide bonds. The van der Waals surface area contributed by atoms with Gasteiger partial charge in [0.15, 0.2) is 0 Å². The molecule has 0 saturated carbocycles. The van der Waals surface area contributed by atoms with Crippen LogP contribution < -0.4 is 0 Å². The van der Waals surface area contributed by atoms with Gasteiger partial charge in [-0.05, 0) is 41.8 Å². The molecule has 3 heteroatoms. The largest absolute Gasteiger partial charge is 0.508 e. The number of benzene rings is 2. The molecule has 0 aromatic heterocycles. The fraction of sp³-hybridized carbons (Fsp3) is 0.176. The van der Waals surface area contributed by atoms with E-state index in [9.17, 15) is 14.6 Å². The molecule has 2 rings (SSSR count). The zero-order chi connectivity index (χ0) is 14.5. The van der Waals surface area contributed by atoms with Crippen molar-refractivity contribution < 1.29 is 14.6 Å². The van der Waals surface area contributed by atoms with Crippen LogP contribution in [-0.4, -0.2) is 10.2 Å². The smallest absolute Gasteiger partial charge is 0.123 e. The molecule has 2 nitrogen and oxygen atoms in total. The molecule has 0 heterocycles. The first kappa shape index (κ1) is 14.1. The lowest BCUT2D eigenvalue weighted by Gasteiger charge is -2.07. The summed E-state index contributed by atoms with van der Waals surface area (Å²) in [7, 11) is 0. The predicted octanol–water partition coefficient (Wildman–Crippen LogP) is 4.36. The van der Waals surface area contributed by atoms with Gasteiger partial charge in [-0.1, -0.05) is 37.6 Å². The van der Waals surface area contributed by atoms with Gasteiger partial charge in [0.1, 0.15) is 17.3 Å². The van der Waals surface area contributed by atoms with Crippen molar-refractivity contribution in [1.29, 1.82) is 0 Å². The van der Waals surface area contributed by atoms with Crippen molar-refractivity contribution in [2.24, 2.45) is 0 Å². The highest BCUT2D eigenvalue weighted by atomic mass is 19.1. The van der Waals surface area contributed by atoms with Crippen LogP contribution in [0.2, 0.25) is 0 Å². The summed E-state index contributed by atoms with van der Waals surface area (Å²) in [6.45, 7) is 1.98. The van der Waals surface area contributed by atoms with Crippen molar-refractivity contribution in [3.63, 3.8) is 0 Å². The van der Waals surface area contributed by atoms with E-state index in [1.54, 1.807) is 36.4 Å². The maximum atomic E-state index is 13.0. The predicted molar refractivity (Wildman–Crippen MR) is 79.1 cm³/mol. The fourth-order valence-electron chi connectivity index (χ4n) is 2.07. The van der Waals surface area contributed by atoms with Crippen LogP contribution in [0.1, 0.15) is 30.0 Å². The van der Waals surface area contributed by atoms with Crippen LogP contribution in [0, 0.1) is 5.82 Å². The monoisotopic (exact) mass is 272 g/mol. The van der Waals surface area contributed by atoms with Gasteiger partial charge in [-0.15, -0.1) is 0 Å². The Balaban J connectivity index is 2.26. The Morgan fingerprint density at radius 1 is 1.00 bits per heavy atom. The summed E-state index contributed by atoms with van der Waals surface area (Å²) >= 11 is 0. The Morgan fingerprint density at radius 3 is 2.25 bits per heavy atom. The Morgan fingerprint density at radius 2 is 1.65 bits per heavy atom. The van der Waals surface area contributed by atoms with Crippen LogP contribution in [0.25, 0.3) is 12.2 Å². The Kier molecular flexibility index (Phi) is 4.41. The van der Waals surface area contributed by atoms with Gasteiger partial charge in [0, 0.05) is 5.56 Å². The van der Waals surface area contributed by atoms with Crippen molar-refractivity contribution in [2.45, 2.75) is 19.8 Å². The maximum Gasteiger partial charge on any atom is 0.123 e. The first-order valence-corrected chi connectivity index (χ1v) is 6.58. The highest BCUT2D eigenvalue weighted by Crippen LogP contribution is 2.30. The normalized spacial score (nSPS) is 11.1. The van der Waals surface area contributed by atoms with Crippen LogP contribution in [0.3, 0.4) is 0 Å². The second-order valence-electron chi connectivity index (χ2n) is 4.68. The molecule has 0 unspecified atom stereocenters. The van der Waals surface area contributed by atoms with Crippen molar-refractivity contribution >= 4 is 12.2 Å². The van der Waals surface area contributed by atoms with Crippen LogP contribution >= 0.6 is 0 Å².